The minimum Gasteiger partial charge on any atom is -0.465 e. The molecule has 1 fully saturated rings. The third-order valence-electron chi connectivity index (χ3n) is 4.25. The molecule has 0 aromatic heterocycles. The van der Waals surface area contributed by atoms with Crippen LogP contribution in [-0.2, 0) is 0 Å². The first-order chi connectivity index (χ1) is 11.6. The maximum atomic E-state index is 11.5. The summed E-state index contributed by atoms with van der Waals surface area (Å²) in [4.78, 5) is 31.6. The maximum absolute atomic E-state index is 11.5. The van der Waals surface area contributed by atoms with E-state index in [0.717, 1.165) is 26.5 Å². The Labute approximate surface area is 141 Å². The van der Waals surface area contributed by atoms with E-state index in [1.165, 1.54) is 11.0 Å². The Hall–Kier alpha value is -2.67. The fraction of sp³-hybridized carbons (Fsp3) is 0.235. The standard InChI is InChI=1S/C17H15N3O3S/c21-12-2-4-14-16(10-12)24-15-9-11(1-3-13(15)18-14)19-5-7-20(8-6-19)17(22)23/h1-4,9-10H,5-8H2,(H,22,23). The van der Waals surface area contributed by atoms with Crippen LogP contribution in [0.1, 0.15) is 0 Å². The molecule has 0 spiro atoms. The minimum absolute atomic E-state index is 0.0131. The highest BCUT2D eigenvalue weighted by Gasteiger charge is 2.20. The van der Waals surface area contributed by atoms with Gasteiger partial charge in [-0.3, -0.25) is 4.79 Å². The van der Waals surface area contributed by atoms with Gasteiger partial charge >= 0.3 is 6.09 Å². The molecule has 3 aliphatic rings. The zero-order valence-corrected chi connectivity index (χ0v) is 13.6. The molecule has 1 saturated heterocycles. The summed E-state index contributed by atoms with van der Waals surface area (Å²) < 4.78 is 1.02. The Morgan fingerprint density at radius 1 is 1.08 bits per heavy atom. The molecule has 7 heteroatoms. The highest BCUT2D eigenvalue weighted by atomic mass is 32.1. The van der Waals surface area contributed by atoms with E-state index in [1.807, 2.05) is 12.1 Å². The van der Waals surface area contributed by atoms with Crippen molar-refractivity contribution in [3.63, 3.8) is 0 Å². The average molecular weight is 341 g/mol. The zero-order valence-electron chi connectivity index (χ0n) is 12.8. The molecule has 6 nitrogen and oxygen atoms in total. The van der Waals surface area contributed by atoms with Crippen molar-refractivity contribution in [2.45, 2.75) is 0 Å². The number of carboxylic acid groups (broad SMARTS) is 1. The molecular weight excluding hydrogens is 326 g/mol. The van der Waals surface area contributed by atoms with Gasteiger partial charge in [-0.05, 0) is 30.3 Å². The van der Waals surface area contributed by atoms with Crippen molar-refractivity contribution in [3.8, 4) is 10.6 Å². The van der Waals surface area contributed by atoms with Gasteiger partial charge in [0, 0.05) is 37.9 Å². The van der Waals surface area contributed by atoms with Crippen LogP contribution in [-0.4, -0.2) is 47.3 Å². The Morgan fingerprint density at radius 3 is 2.62 bits per heavy atom. The number of rotatable bonds is 1. The second-order valence-corrected chi connectivity index (χ2v) is 6.84. The zero-order chi connectivity index (χ0) is 16.7. The Kier molecular flexibility index (Phi) is 3.57. The highest BCUT2D eigenvalue weighted by molar-refractivity contribution is 7.21. The van der Waals surface area contributed by atoms with Gasteiger partial charge in [0.25, 0.3) is 0 Å². The first-order valence-corrected chi connectivity index (χ1v) is 8.49. The van der Waals surface area contributed by atoms with E-state index < -0.39 is 6.09 Å². The van der Waals surface area contributed by atoms with Crippen LogP contribution in [0, 0.1) is 0 Å². The summed E-state index contributed by atoms with van der Waals surface area (Å²) in [6.07, 6.45) is -0.862. The van der Waals surface area contributed by atoms with Gasteiger partial charge in [0.05, 0.1) is 20.8 Å². The van der Waals surface area contributed by atoms with Crippen molar-refractivity contribution in [2.24, 2.45) is 0 Å². The predicted molar refractivity (Wildman–Crippen MR) is 94.3 cm³/mol. The Bertz CT molecular complexity index is 947. The smallest absolute Gasteiger partial charge is 0.407 e. The van der Waals surface area contributed by atoms with Crippen LogP contribution in [0.5, 0.6) is 0 Å². The average Bonchev–Trinajstić information content (AvgIpc) is 2.59. The monoisotopic (exact) mass is 341 g/mol. The molecule has 4 rings (SSSR count). The third-order valence-corrected chi connectivity index (χ3v) is 5.34. The molecule has 2 heterocycles. The summed E-state index contributed by atoms with van der Waals surface area (Å²) >= 11 is 1.56. The molecule has 0 radical (unpaired) electrons. The molecule has 122 valence electrons. The van der Waals surface area contributed by atoms with Gasteiger partial charge in [0.1, 0.15) is 0 Å². The molecule has 24 heavy (non-hydrogen) atoms. The first kappa shape index (κ1) is 14.9. The summed E-state index contributed by atoms with van der Waals surface area (Å²) in [6, 6.07) is 11.0. The molecule has 1 N–H and O–H groups in total. The quantitative estimate of drug-likeness (QED) is 0.689. The Morgan fingerprint density at radius 2 is 1.88 bits per heavy atom. The van der Waals surface area contributed by atoms with Gasteiger partial charge < -0.3 is 14.9 Å². The number of nitrogens with zero attached hydrogens (tertiary/aromatic N) is 3. The SMILES string of the molecule is O=C(O)N1CCN(c2ccc3nc4ccc(=O)cc-4sc3c2)CC1. The van der Waals surface area contributed by atoms with Crippen molar-refractivity contribution in [3.05, 3.63) is 46.6 Å². The number of piperazine rings is 1. The van der Waals surface area contributed by atoms with Gasteiger partial charge in [-0.1, -0.05) is 0 Å². The summed E-state index contributed by atoms with van der Waals surface area (Å²) in [5.41, 5.74) is 2.78. The lowest BCUT2D eigenvalue weighted by Crippen LogP contribution is -2.48. The summed E-state index contributed by atoms with van der Waals surface area (Å²) in [7, 11) is 0. The third kappa shape index (κ3) is 2.67. The Balaban J connectivity index is 1.68. The van der Waals surface area contributed by atoms with E-state index in [2.05, 4.69) is 16.0 Å². The lowest BCUT2D eigenvalue weighted by atomic mass is 10.2. The summed E-state index contributed by atoms with van der Waals surface area (Å²) in [5, 5.41) is 9.03. The molecule has 1 aromatic rings. The van der Waals surface area contributed by atoms with E-state index >= 15 is 0 Å². The number of hydrogen-bond donors (Lipinski definition) is 1. The van der Waals surface area contributed by atoms with E-state index in [9.17, 15) is 9.59 Å². The van der Waals surface area contributed by atoms with E-state index in [1.54, 1.807) is 23.5 Å². The first-order valence-electron chi connectivity index (χ1n) is 7.68. The van der Waals surface area contributed by atoms with Gasteiger partial charge in [0.2, 0.25) is 0 Å². The van der Waals surface area contributed by atoms with Gasteiger partial charge in [-0.25, -0.2) is 9.78 Å². The van der Waals surface area contributed by atoms with Gasteiger partial charge in [-0.15, -0.1) is 11.3 Å². The molecule has 0 unspecified atom stereocenters. The van der Waals surface area contributed by atoms with Crippen LogP contribution in [0.3, 0.4) is 0 Å². The molecule has 1 amide bonds. The lowest BCUT2D eigenvalue weighted by molar-refractivity contribution is 0.142. The number of amides is 1. The van der Waals surface area contributed by atoms with E-state index in [-0.39, 0.29) is 5.43 Å². The van der Waals surface area contributed by atoms with Crippen molar-refractivity contribution in [1.29, 1.82) is 0 Å². The van der Waals surface area contributed by atoms with Crippen molar-refractivity contribution in [2.75, 3.05) is 31.1 Å². The minimum atomic E-state index is -0.862. The number of benzene rings is 2. The molecule has 1 aliphatic carbocycles. The number of aromatic nitrogens is 1. The van der Waals surface area contributed by atoms with Crippen LogP contribution >= 0.6 is 11.3 Å². The topological polar surface area (TPSA) is 73.7 Å². The summed E-state index contributed by atoms with van der Waals surface area (Å²) in [5.74, 6) is 0. The lowest BCUT2D eigenvalue weighted by Gasteiger charge is -2.34. The largest absolute Gasteiger partial charge is 0.465 e. The van der Waals surface area contributed by atoms with Crippen LogP contribution in [0.4, 0.5) is 10.5 Å². The van der Waals surface area contributed by atoms with Gasteiger partial charge in [0.15, 0.2) is 5.43 Å². The second kappa shape index (κ2) is 5.76. The van der Waals surface area contributed by atoms with E-state index in [0.29, 0.717) is 26.2 Å². The highest BCUT2D eigenvalue weighted by Crippen LogP contribution is 2.32. The number of anilines is 1. The molecule has 0 atom stereocenters. The predicted octanol–water partition coefficient (Wildman–Crippen LogP) is 2.56. The number of fused-ring (bicyclic) bond motifs is 2. The van der Waals surface area contributed by atoms with Crippen LogP contribution in [0.25, 0.3) is 20.8 Å². The second-order valence-electron chi connectivity index (χ2n) is 5.75. The fourth-order valence-electron chi connectivity index (χ4n) is 2.95. The molecular formula is C17H15N3O3S. The van der Waals surface area contributed by atoms with Crippen LogP contribution in [0.2, 0.25) is 0 Å². The molecule has 0 saturated carbocycles. The number of hydrogen-bond acceptors (Lipinski definition) is 5. The van der Waals surface area contributed by atoms with Crippen LogP contribution < -0.4 is 10.3 Å². The van der Waals surface area contributed by atoms with Crippen molar-refractivity contribution in [1.82, 2.24) is 9.88 Å². The van der Waals surface area contributed by atoms with Crippen molar-refractivity contribution >= 4 is 33.3 Å². The van der Waals surface area contributed by atoms with Gasteiger partial charge in [-0.2, -0.15) is 0 Å². The molecule has 0 bridgehead atoms. The van der Waals surface area contributed by atoms with E-state index in [4.69, 9.17) is 5.11 Å². The maximum Gasteiger partial charge on any atom is 0.407 e. The molecule has 2 aliphatic heterocycles. The fourth-order valence-corrected chi connectivity index (χ4v) is 3.97. The normalized spacial score (nSPS) is 15.2. The van der Waals surface area contributed by atoms with Crippen molar-refractivity contribution < 1.29 is 9.90 Å². The summed E-state index contributed by atoms with van der Waals surface area (Å²) in [6.45, 7) is 2.36. The number of carbonyl (C=O) groups is 1. The molecule has 1 aromatic carbocycles. The van der Waals surface area contributed by atoms with Crippen LogP contribution in [0.15, 0.2) is 41.2 Å².